The van der Waals surface area contributed by atoms with Crippen LogP contribution in [0, 0.1) is 30.1 Å². The summed E-state index contributed by atoms with van der Waals surface area (Å²) in [6.07, 6.45) is -1.29. The van der Waals surface area contributed by atoms with E-state index in [4.69, 9.17) is 4.74 Å². The summed E-state index contributed by atoms with van der Waals surface area (Å²) in [5.74, 6) is -2.49. The fraction of sp³-hybridized carbons (Fsp3) is 0.288. The van der Waals surface area contributed by atoms with Crippen LogP contribution in [-0.2, 0) is 38.8 Å². The lowest BCUT2D eigenvalue weighted by Crippen LogP contribution is -2.32. The van der Waals surface area contributed by atoms with Gasteiger partial charge in [-0.25, -0.2) is 14.0 Å². The molecule has 19 nitrogen and oxygen atoms in total. The highest BCUT2D eigenvalue weighted by Gasteiger charge is 2.53. The van der Waals surface area contributed by atoms with Crippen LogP contribution in [-0.4, -0.2) is 86.6 Å². The van der Waals surface area contributed by atoms with Gasteiger partial charge in [0.15, 0.2) is 0 Å². The molecule has 12 rings (SSSR count). The van der Waals surface area contributed by atoms with Crippen molar-refractivity contribution in [2.24, 2.45) is 16.2 Å². The number of aromatic nitrogens is 9. The van der Waals surface area contributed by atoms with Gasteiger partial charge in [0, 0.05) is 0 Å². The number of fused-ring (bicyclic) bond motifs is 3. The van der Waals surface area contributed by atoms with Crippen molar-refractivity contribution in [2.45, 2.75) is 85.8 Å². The van der Waals surface area contributed by atoms with Gasteiger partial charge in [-0.15, -0.1) is 28.5 Å². The molecule has 3 aliphatic carbocycles. The van der Waals surface area contributed by atoms with E-state index in [0.717, 1.165) is 26.9 Å². The molecule has 0 radical (unpaired) electrons. The molecule has 0 saturated heterocycles. The summed E-state index contributed by atoms with van der Waals surface area (Å²) in [5, 5.41) is 43.8. The highest BCUT2D eigenvalue weighted by Crippen LogP contribution is 2.49. The fourth-order valence-corrected chi connectivity index (χ4v) is 9.25. The maximum absolute atomic E-state index is 12.9. The van der Waals surface area contributed by atoms with Gasteiger partial charge >= 0.3 is 24.3 Å². The molecule has 0 spiro atoms. The summed E-state index contributed by atoms with van der Waals surface area (Å²) in [7, 11) is 1.37. The normalized spacial score (nSPS) is 15.0. The Kier molecular flexibility index (Phi) is 15.3. The van der Waals surface area contributed by atoms with Crippen molar-refractivity contribution in [1.29, 1.82) is 0 Å². The van der Waals surface area contributed by atoms with Crippen molar-refractivity contribution in [2.75, 3.05) is 7.11 Å². The van der Waals surface area contributed by atoms with Gasteiger partial charge in [-0.3, -0.25) is 28.8 Å². The maximum Gasteiger partial charge on any atom is 0.573 e. The number of carbonyl (C=O) groups is 3. The number of benzene rings is 6. The van der Waals surface area contributed by atoms with E-state index >= 15 is 0 Å². The van der Waals surface area contributed by atoms with Gasteiger partial charge in [-0.2, -0.15) is 0 Å². The Bertz CT molecular complexity index is 4080. The Morgan fingerprint density at radius 1 is 0.494 bits per heavy atom. The molecule has 6 aromatic carbocycles. The van der Waals surface area contributed by atoms with Crippen LogP contribution in [0.5, 0.6) is 5.75 Å². The number of halogens is 3. The van der Waals surface area contributed by atoms with Crippen molar-refractivity contribution in [1.82, 2.24) is 45.0 Å². The number of hydrogen-bond donors (Lipinski definition) is 2. The zero-order valence-corrected chi connectivity index (χ0v) is 43.3. The van der Waals surface area contributed by atoms with Crippen LogP contribution in [0.1, 0.15) is 57.1 Å². The number of carboxylic acid groups (broad SMARTS) is 2. The summed E-state index contributed by atoms with van der Waals surface area (Å²) in [6.45, 7) is 4.27. The van der Waals surface area contributed by atoms with Gasteiger partial charge in [0.2, 0.25) is 0 Å². The smallest absolute Gasteiger partial charge is 0.481 e. The zero-order valence-electron chi connectivity index (χ0n) is 43.3. The molecule has 9 aromatic rings. The van der Waals surface area contributed by atoms with Crippen LogP contribution < -0.4 is 21.4 Å². The topological polar surface area (TPSA) is 253 Å². The van der Waals surface area contributed by atoms with E-state index in [1.165, 1.54) is 51.9 Å². The molecular weight excluding hydrogens is 1050 g/mol. The van der Waals surface area contributed by atoms with Crippen LogP contribution in [0.25, 0.3) is 66.1 Å². The van der Waals surface area contributed by atoms with Crippen LogP contribution in [0.3, 0.4) is 0 Å². The monoisotopic (exact) mass is 1110 g/mol. The van der Waals surface area contributed by atoms with Crippen LogP contribution in [0.2, 0.25) is 0 Å². The minimum Gasteiger partial charge on any atom is -0.481 e. The second-order valence-corrected chi connectivity index (χ2v) is 20.6. The third-order valence-corrected chi connectivity index (χ3v) is 14.8. The number of esters is 1. The molecule has 0 bridgehead atoms. The number of methoxy groups -OCH3 is 1. The second-order valence-electron chi connectivity index (χ2n) is 20.6. The van der Waals surface area contributed by atoms with E-state index in [9.17, 15) is 52.2 Å². The van der Waals surface area contributed by atoms with Crippen molar-refractivity contribution >= 4 is 50.6 Å². The molecule has 22 heteroatoms. The number of carbonyl (C=O) groups excluding carboxylic acids is 1. The maximum atomic E-state index is 12.9. The summed E-state index contributed by atoms with van der Waals surface area (Å²) in [5.41, 5.74) is 5.36. The molecule has 416 valence electrons. The molecule has 3 saturated carbocycles. The molecular formula is C59H54F3N9O10. The predicted octanol–water partition coefficient (Wildman–Crippen LogP) is 9.21. The van der Waals surface area contributed by atoms with Gasteiger partial charge in [0.25, 0.3) is 16.7 Å². The first-order valence-corrected chi connectivity index (χ1v) is 25.4. The molecule has 2 N–H and O–H groups in total. The molecule has 3 aromatic heterocycles. The summed E-state index contributed by atoms with van der Waals surface area (Å²) in [6, 6.07) is 37.3. The zero-order chi connectivity index (χ0) is 56.7. The molecule has 0 aliphatic heterocycles. The first kappa shape index (κ1) is 56.3. The summed E-state index contributed by atoms with van der Waals surface area (Å²) in [4.78, 5) is 73.1. The lowest BCUT2D eigenvalue weighted by molar-refractivity contribution is -0.274. The van der Waals surface area contributed by atoms with Crippen molar-refractivity contribution in [3.63, 3.8) is 0 Å². The number of carboxylic acids is 2. The minimum atomic E-state index is -4.77. The highest BCUT2D eigenvalue weighted by atomic mass is 19.4. The summed E-state index contributed by atoms with van der Waals surface area (Å²) >= 11 is 0. The van der Waals surface area contributed by atoms with E-state index in [2.05, 4.69) is 35.7 Å². The minimum absolute atomic E-state index is 0. The first-order valence-electron chi connectivity index (χ1n) is 25.4. The highest BCUT2D eigenvalue weighted by molar-refractivity contribution is 5.86. The van der Waals surface area contributed by atoms with Gasteiger partial charge in [-0.05, 0) is 134 Å². The van der Waals surface area contributed by atoms with Crippen molar-refractivity contribution < 1.29 is 47.2 Å². The molecule has 0 atom stereocenters. The van der Waals surface area contributed by atoms with Gasteiger partial charge in [0.05, 0.1) is 59.1 Å². The predicted molar refractivity (Wildman–Crippen MR) is 293 cm³/mol. The van der Waals surface area contributed by atoms with E-state index in [0.29, 0.717) is 77.0 Å². The van der Waals surface area contributed by atoms with E-state index < -0.39 is 40.1 Å². The quantitative estimate of drug-likeness (QED) is 0.102. The lowest BCUT2D eigenvalue weighted by atomic mass is 10.0. The standard InChI is InChI=1S/C20H19N3O3.C19H14F3N3O4.C19H17N3O3.CH4/c1-13-3-5-14(6-4-13)15-7-8-17-16(11-15)18(24)23(22-21-17)12-20(9-10-20)19(25)26-2;20-19(21,22)29-13-4-1-11(2-5-13)12-3-6-15-14(9-12)16(26)25(24-23-15)10-18(7-8-18)17(27)28;1-12-2-4-13(5-3-12)14-6-7-16-15(10-14)17(23)22(21-20-16)11-19(8-9-19)18(24)25;/h3-8,11H,9-10,12H2,1-2H3;1-6,9H,7-8,10H2,(H,27,28);2-7,10H,8-9,11H2,1H3,(H,24,25);1H4. The molecule has 3 aliphatic rings. The molecule has 0 unspecified atom stereocenters. The second kappa shape index (κ2) is 22.0. The summed E-state index contributed by atoms with van der Waals surface area (Å²) < 4.78 is 49.1. The number of aryl methyl sites for hydroxylation is 2. The lowest BCUT2D eigenvalue weighted by Gasteiger charge is -2.13. The van der Waals surface area contributed by atoms with Crippen molar-refractivity contribution in [3.8, 4) is 39.1 Å². The molecule has 3 heterocycles. The third-order valence-electron chi connectivity index (χ3n) is 14.8. The van der Waals surface area contributed by atoms with Crippen LogP contribution >= 0.6 is 0 Å². The average molecular weight is 1110 g/mol. The Balaban J connectivity index is 0.000000146. The number of ether oxygens (including phenoxy) is 2. The molecule has 81 heavy (non-hydrogen) atoms. The molecule has 0 amide bonds. The third kappa shape index (κ3) is 12.1. The van der Waals surface area contributed by atoms with Gasteiger partial charge < -0.3 is 19.7 Å². The Morgan fingerprint density at radius 3 is 1.07 bits per heavy atom. The molecule has 3 fully saturated rings. The Hall–Kier alpha value is -9.47. The largest absolute Gasteiger partial charge is 0.573 e. The van der Waals surface area contributed by atoms with Crippen LogP contribution in [0.4, 0.5) is 13.2 Å². The fourth-order valence-electron chi connectivity index (χ4n) is 9.25. The van der Waals surface area contributed by atoms with E-state index in [1.807, 2.05) is 80.6 Å². The van der Waals surface area contributed by atoms with Crippen LogP contribution in [0.15, 0.2) is 142 Å². The van der Waals surface area contributed by atoms with Gasteiger partial charge in [0.1, 0.15) is 22.3 Å². The number of nitrogens with zero attached hydrogens (tertiary/aromatic N) is 9. The number of rotatable bonds is 13. The first-order chi connectivity index (χ1) is 38.2. The number of alkyl halides is 3. The van der Waals surface area contributed by atoms with E-state index in [1.54, 1.807) is 36.4 Å². The average Bonchev–Trinajstić information content (AvgIpc) is 4.45. The Labute approximate surface area is 459 Å². The SMILES string of the molecule is C.COC(=O)C1(Cn2nnc3ccc(-c4ccc(C)cc4)cc3c2=O)CC1.Cc1ccc(-c2ccc3nnn(CC4(C(=O)O)CC4)c(=O)c3c2)cc1.O=C(O)C1(Cn2nnc3ccc(-c4ccc(OC(F)(F)F)cc4)cc3c2=O)CC1. The van der Waals surface area contributed by atoms with Crippen molar-refractivity contribution in [3.05, 3.63) is 170 Å². The number of aliphatic carboxylic acids is 2. The number of hydrogen-bond acceptors (Lipinski definition) is 14. The van der Waals surface area contributed by atoms with E-state index in [-0.39, 0.29) is 55.3 Å². The Morgan fingerprint density at radius 2 is 0.790 bits per heavy atom. The van der Waals surface area contributed by atoms with Gasteiger partial charge in [-0.1, -0.05) is 113 Å².